The minimum atomic E-state index is -1.40. The van der Waals surface area contributed by atoms with Crippen LogP contribution >= 0.6 is 0 Å². The van der Waals surface area contributed by atoms with Gasteiger partial charge in [-0.3, -0.25) is 0 Å². The average molecular weight is 314 g/mol. The number of aliphatic hydroxyl groups excluding tert-OH is 4. The third-order valence-electron chi connectivity index (χ3n) is 4.48. The maximum atomic E-state index is 9.89. The van der Waals surface area contributed by atoms with Crippen LogP contribution in [0.4, 0.5) is 0 Å². The van der Waals surface area contributed by atoms with Crippen LogP contribution in [0.2, 0.25) is 0 Å². The second kappa shape index (κ2) is 7.68. The van der Waals surface area contributed by atoms with Crippen molar-refractivity contribution in [3.63, 3.8) is 0 Å². The summed E-state index contributed by atoms with van der Waals surface area (Å²) in [6.45, 7) is 5.86. The third-order valence-corrected chi connectivity index (χ3v) is 4.48. The van der Waals surface area contributed by atoms with Crippen LogP contribution in [-0.2, 0) is 9.47 Å². The average Bonchev–Trinajstić information content (AvgIpc) is 2.52. The zero-order valence-electron chi connectivity index (χ0n) is 12.9. The summed E-state index contributed by atoms with van der Waals surface area (Å²) in [5, 5.41) is 38.4. The number of rotatable bonds is 5. The van der Waals surface area contributed by atoms with Crippen molar-refractivity contribution < 1.29 is 29.9 Å². The van der Waals surface area contributed by atoms with E-state index in [1.54, 1.807) is 0 Å². The molecule has 2 aliphatic rings. The maximum absolute atomic E-state index is 9.89. The fourth-order valence-corrected chi connectivity index (χ4v) is 2.86. The van der Waals surface area contributed by atoms with Crippen LogP contribution in [0, 0.1) is 5.92 Å². The van der Waals surface area contributed by atoms with Crippen molar-refractivity contribution >= 4 is 0 Å². The molecule has 6 atom stereocenters. The first-order valence-electron chi connectivity index (χ1n) is 7.69. The molecule has 1 heterocycles. The second-order valence-corrected chi connectivity index (χ2v) is 6.19. The summed E-state index contributed by atoms with van der Waals surface area (Å²) >= 11 is 0. The smallest absolute Gasteiger partial charge is 0.187 e. The lowest BCUT2D eigenvalue weighted by atomic mass is 9.86. The van der Waals surface area contributed by atoms with E-state index < -0.39 is 37.3 Å². The van der Waals surface area contributed by atoms with E-state index in [4.69, 9.17) is 14.6 Å². The molecule has 0 aromatic carbocycles. The predicted molar refractivity (Wildman–Crippen MR) is 80.0 cm³/mol. The molecule has 0 amide bonds. The number of hydrogen-bond donors (Lipinski definition) is 4. The Morgan fingerprint density at radius 3 is 2.59 bits per heavy atom. The highest BCUT2D eigenvalue weighted by Crippen LogP contribution is 2.29. The molecule has 22 heavy (non-hydrogen) atoms. The van der Waals surface area contributed by atoms with Crippen LogP contribution in [0.1, 0.15) is 26.2 Å². The predicted octanol–water partition coefficient (Wildman–Crippen LogP) is 0.105. The van der Waals surface area contributed by atoms with Crippen LogP contribution < -0.4 is 0 Å². The van der Waals surface area contributed by atoms with E-state index in [1.165, 1.54) is 5.57 Å². The molecule has 126 valence electrons. The van der Waals surface area contributed by atoms with E-state index in [2.05, 4.69) is 12.7 Å². The van der Waals surface area contributed by atoms with Gasteiger partial charge >= 0.3 is 0 Å². The van der Waals surface area contributed by atoms with Crippen molar-refractivity contribution in [2.75, 3.05) is 13.2 Å². The molecule has 1 fully saturated rings. The third kappa shape index (κ3) is 3.95. The van der Waals surface area contributed by atoms with Gasteiger partial charge in [-0.1, -0.05) is 18.2 Å². The summed E-state index contributed by atoms with van der Waals surface area (Å²) in [6.07, 6.45) is -1.12. The zero-order valence-corrected chi connectivity index (χ0v) is 12.9. The molecule has 1 saturated heterocycles. The highest BCUT2D eigenvalue weighted by molar-refractivity contribution is 5.12. The van der Waals surface area contributed by atoms with Crippen molar-refractivity contribution in [2.24, 2.45) is 5.92 Å². The zero-order chi connectivity index (χ0) is 16.3. The molecule has 1 aliphatic carbocycles. The molecule has 6 nitrogen and oxygen atoms in total. The van der Waals surface area contributed by atoms with E-state index in [0.29, 0.717) is 12.5 Å². The minimum Gasteiger partial charge on any atom is -0.394 e. The summed E-state index contributed by atoms with van der Waals surface area (Å²) in [4.78, 5) is 0. The molecule has 6 heteroatoms. The van der Waals surface area contributed by atoms with Crippen molar-refractivity contribution in [1.29, 1.82) is 0 Å². The Morgan fingerprint density at radius 1 is 1.32 bits per heavy atom. The molecular weight excluding hydrogens is 288 g/mol. The Morgan fingerprint density at radius 2 is 2.05 bits per heavy atom. The van der Waals surface area contributed by atoms with E-state index in [0.717, 1.165) is 24.8 Å². The van der Waals surface area contributed by atoms with Gasteiger partial charge in [0.05, 0.1) is 13.2 Å². The maximum Gasteiger partial charge on any atom is 0.187 e. The number of ether oxygens (including phenoxy) is 2. The van der Waals surface area contributed by atoms with Gasteiger partial charge in [0, 0.05) is 0 Å². The van der Waals surface area contributed by atoms with Gasteiger partial charge < -0.3 is 29.9 Å². The summed E-state index contributed by atoms with van der Waals surface area (Å²) in [5.41, 5.74) is 2.31. The van der Waals surface area contributed by atoms with E-state index in [-0.39, 0.29) is 0 Å². The van der Waals surface area contributed by atoms with Crippen molar-refractivity contribution in [3.05, 3.63) is 23.8 Å². The fourth-order valence-electron chi connectivity index (χ4n) is 2.86. The van der Waals surface area contributed by atoms with Gasteiger partial charge in [0.1, 0.15) is 24.4 Å². The molecule has 2 unspecified atom stereocenters. The van der Waals surface area contributed by atoms with E-state index in [9.17, 15) is 15.3 Å². The molecule has 0 bridgehead atoms. The van der Waals surface area contributed by atoms with Gasteiger partial charge in [-0.15, -0.1) is 0 Å². The van der Waals surface area contributed by atoms with Gasteiger partial charge in [-0.2, -0.15) is 0 Å². The Bertz CT molecular complexity index is 419. The minimum absolute atomic E-state index is 0.297. The highest BCUT2D eigenvalue weighted by Gasteiger charge is 2.44. The standard InChI is InChI=1S/C16H26O6/c1-9(2)11-5-3-10(4-6-11)8-21-16-15(20)14(19)13(18)12(7-17)22-16/h3,11-20H,1,4-8H2,2H3/t11?,12-,13-,14+,15-,16?/m1/s1. The Balaban J connectivity index is 1.87. The SMILES string of the molecule is C=C(C)C1CC=C(COC2O[C@H](CO)[C@@H](O)[C@H](O)[C@H]2O)CC1. The molecule has 4 N–H and O–H groups in total. The lowest BCUT2D eigenvalue weighted by Gasteiger charge is -2.39. The molecule has 0 aromatic rings. The second-order valence-electron chi connectivity index (χ2n) is 6.19. The molecule has 2 rings (SSSR count). The Kier molecular flexibility index (Phi) is 6.14. The molecule has 0 aromatic heterocycles. The van der Waals surface area contributed by atoms with E-state index in [1.807, 2.05) is 6.92 Å². The lowest BCUT2D eigenvalue weighted by Crippen LogP contribution is -2.59. The van der Waals surface area contributed by atoms with Crippen molar-refractivity contribution in [1.82, 2.24) is 0 Å². The highest BCUT2D eigenvalue weighted by atomic mass is 16.7. The van der Waals surface area contributed by atoms with Crippen LogP contribution in [0.3, 0.4) is 0 Å². The summed E-state index contributed by atoms with van der Waals surface area (Å²) in [6, 6.07) is 0. The van der Waals surface area contributed by atoms with E-state index >= 15 is 0 Å². The topological polar surface area (TPSA) is 99.4 Å². The van der Waals surface area contributed by atoms with Gasteiger partial charge in [0.15, 0.2) is 6.29 Å². The van der Waals surface area contributed by atoms with Crippen LogP contribution in [0.5, 0.6) is 0 Å². The Labute approximate surface area is 130 Å². The van der Waals surface area contributed by atoms with Gasteiger partial charge in [0.2, 0.25) is 0 Å². The molecule has 0 spiro atoms. The molecule has 1 aliphatic heterocycles. The van der Waals surface area contributed by atoms with Gasteiger partial charge in [0.25, 0.3) is 0 Å². The summed E-state index contributed by atoms with van der Waals surface area (Å²) < 4.78 is 10.8. The van der Waals surface area contributed by atoms with Gasteiger partial charge in [-0.05, 0) is 37.7 Å². The first-order chi connectivity index (χ1) is 10.4. The number of aliphatic hydroxyl groups is 4. The fraction of sp³-hybridized carbons (Fsp3) is 0.750. The largest absolute Gasteiger partial charge is 0.394 e. The molecule has 0 saturated carbocycles. The van der Waals surface area contributed by atoms with Gasteiger partial charge in [-0.25, -0.2) is 0 Å². The normalized spacial score (nSPS) is 39.4. The van der Waals surface area contributed by atoms with Crippen LogP contribution in [-0.4, -0.2) is 64.3 Å². The summed E-state index contributed by atoms with van der Waals surface area (Å²) in [5.74, 6) is 0.510. The van der Waals surface area contributed by atoms with Crippen molar-refractivity contribution in [3.8, 4) is 0 Å². The number of allylic oxidation sites excluding steroid dienone is 2. The van der Waals surface area contributed by atoms with Crippen LogP contribution in [0.25, 0.3) is 0 Å². The number of hydrogen-bond acceptors (Lipinski definition) is 6. The lowest BCUT2D eigenvalue weighted by molar-refractivity contribution is -0.299. The summed E-state index contributed by atoms with van der Waals surface area (Å²) in [7, 11) is 0. The molecule has 0 radical (unpaired) electrons. The Hall–Kier alpha value is -0.760. The molecular formula is C16H26O6. The monoisotopic (exact) mass is 314 g/mol. The first-order valence-corrected chi connectivity index (χ1v) is 7.69. The quantitative estimate of drug-likeness (QED) is 0.537. The van der Waals surface area contributed by atoms with Crippen LogP contribution in [0.15, 0.2) is 23.8 Å². The first kappa shape index (κ1) is 17.6. The van der Waals surface area contributed by atoms with Crippen molar-refractivity contribution in [2.45, 2.75) is 56.9 Å².